The van der Waals surface area contributed by atoms with Gasteiger partial charge in [0, 0.05) is 9.93 Å². The molecule has 0 bridgehead atoms. The average Bonchev–Trinajstić information content (AvgIpc) is 2.28. The number of azide groups is 1. The van der Waals surface area contributed by atoms with E-state index in [1.165, 1.54) is 0 Å². The maximum atomic E-state index is 8.50. The van der Waals surface area contributed by atoms with E-state index in [4.69, 9.17) is 28.7 Å². The van der Waals surface area contributed by atoms with Gasteiger partial charge in [-0.1, -0.05) is 40.4 Å². The molecule has 0 aliphatic heterocycles. The van der Waals surface area contributed by atoms with Crippen molar-refractivity contribution in [3.05, 3.63) is 51.0 Å². The van der Waals surface area contributed by atoms with Crippen LogP contribution in [0.25, 0.3) is 15.5 Å². The predicted octanol–water partition coefficient (Wildman–Crippen LogP) is 3.90. The number of benzene rings is 1. The van der Waals surface area contributed by atoms with Crippen molar-refractivity contribution in [3.63, 3.8) is 0 Å². The van der Waals surface area contributed by atoms with Crippen LogP contribution in [0.3, 0.4) is 0 Å². The van der Waals surface area contributed by atoms with Gasteiger partial charge in [-0.3, -0.25) is 0 Å². The summed E-state index contributed by atoms with van der Waals surface area (Å²) in [6.07, 6.45) is 1.65. The molecule has 4 nitrogen and oxygen atoms in total. The molecule has 1 rings (SSSR count). The maximum Gasteiger partial charge on any atom is 0.174 e. The van der Waals surface area contributed by atoms with Crippen molar-refractivity contribution in [1.29, 1.82) is 0 Å². The Kier molecular flexibility index (Phi) is 5.04. The van der Waals surface area contributed by atoms with Crippen molar-refractivity contribution in [2.24, 2.45) is 5.11 Å². The van der Waals surface area contributed by atoms with E-state index in [0.29, 0.717) is 15.8 Å². The van der Waals surface area contributed by atoms with E-state index in [1.807, 2.05) is 14.1 Å². The number of nitrogens with zero attached hydrogens (tertiary/aromatic N) is 4. The Morgan fingerprint density at radius 1 is 1.35 bits per heavy atom. The summed E-state index contributed by atoms with van der Waals surface area (Å²) in [4.78, 5) is 2.75. The van der Waals surface area contributed by atoms with E-state index >= 15 is 0 Å². The van der Waals surface area contributed by atoms with Gasteiger partial charge in [0.1, 0.15) is 19.8 Å². The molecule has 0 heterocycles. The smallest absolute Gasteiger partial charge is 0.174 e. The van der Waals surface area contributed by atoms with E-state index in [9.17, 15) is 0 Å². The van der Waals surface area contributed by atoms with Crippen LogP contribution < -0.4 is 0 Å². The van der Waals surface area contributed by atoms with E-state index in [-0.39, 0.29) is 0 Å². The number of hydrogen-bond donors (Lipinski definition) is 0. The Labute approximate surface area is 109 Å². The summed E-state index contributed by atoms with van der Waals surface area (Å²) in [5.74, 6) is 0. The molecule has 0 aliphatic rings. The summed E-state index contributed by atoms with van der Waals surface area (Å²) >= 11 is 11.9. The fourth-order valence-electron chi connectivity index (χ4n) is 1.16. The highest BCUT2D eigenvalue weighted by Gasteiger charge is 2.06. The lowest BCUT2D eigenvalue weighted by atomic mass is 10.2. The number of rotatable bonds is 3. The van der Waals surface area contributed by atoms with Gasteiger partial charge in [0.25, 0.3) is 0 Å². The third-order valence-corrected chi connectivity index (χ3v) is 2.52. The summed E-state index contributed by atoms with van der Waals surface area (Å²) < 4.78 is 1.75. The zero-order valence-electron chi connectivity index (χ0n) is 9.43. The first kappa shape index (κ1) is 13.6. The molecule has 0 unspecified atom stereocenters. The highest BCUT2D eigenvalue weighted by Crippen LogP contribution is 2.24. The van der Waals surface area contributed by atoms with Crippen LogP contribution in [0, 0.1) is 0 Å². The van der Waals surface area contributed by atoms with Crippen LogP contribution in [-0.4, -0.2) is 24.9 Å². The number of halogens is 2. The van der Waals surface area contributed by atoms with Gasteiger partial charge in [-0.2, -0.15) is 0 Å². The van der Waals surface area contributed by atoms with Crippen LogP contribution in [0.2, 0.25) is 5.02 Å². The minimum absolute atomic E-state index is 0.362. The van der Waals surface area contributed by atoms with Crippen LogP contribution in [0.5, 0.6) is 0 Å². The van der Waals surface area contributed by atoms with E-state index in [2.05, 4.69) is 10.0 Å². The predicted molar refractivity (Wildman–Crippen MR) is 71.5 cm³/mol. The molecule has 0 radical (unpaired) electrons. The molecule has 0 aliphatic carbocycles. The monoisotopic (exact) mass is 269 g/mol. The van der Waals surface area contributed by atoms with Crippen LogP contribution in [-0.2, 0) is 0 Å². The quantitative estimate of drug-likeness (QED) is 0.263. The lowest BCUT2D eigenvalue weighted by molar-refractivity contribution is -0.459. The van der Waals surface area contributed by atoms with Gasteiger partial charge < -0.3 is 0 Å². The number of allylic oxidation sites excluding steroid dienone is 1. The third kappa shape index (κ3) is 4.11. The van der Waals surface area contributed by atoms with Crippen LogP contribution in [0.15, 0.2) is 35.1 Å². The van der Waals surface area contributed by atoms with Gasteiger partial charge in [-0.05, 0) is 23.2 Å². The van der Waals surface area contributed by atoms with Gasteiger partial charge in [-0.25, -0.2) is 4.58 Å². The second-order valence-corrected chi connectivity index (χ2v) is 4.30. The van der Waals surface area contributed by atoms with Crippen molar-refractivity contribution >= 4 is 34.4 Å². The molecule has 0 saturated heterocycles. The largest absolute Gasteiger partial charge is 0.241 e. The standard InChI is InChI=1S/C11H11Cl2N4/c1-17(2)7-10(15-16-14)11(13)8-3-5-9(12)6-4-8/h3-7H,1-2H3/q+1/b11-10-. The topological polar surface area (TPSA) is 51.8 Å². The lowest BCUT2D eigenvalue weighted by Crippen LogP contribution is -2.00. The van der Waals surface area contributed by atoms with Gasteiger partial charge in [-0.15, -0.1) is 0 Å². The van der Waals surface area contributed by atoms with E-state index in [1.54, 1.807) is 35.1 Å². The lowest BCUT2D eigenvalue weighted by Gasteiger charge is -2.01. The minimum atomic E-state index is 0.362. The van der Waals surface area contributed by atoms with Crippen LogP contribution >= 0.6 is 23.2 Å². The van der Waals surface area contributed by atoms with Crippen molar-refractivity contribution < 1.29 is 4.58 Å². The zero-order chi connectivity index (χ0) is 12.8. The van der Waals surface area contributed by atoms with Gasteiger partial charge in [0.05, 0.1) is 5.03 Å². The molecule has 1 aromatic rings. The maximum absolute atomic E-state index is 8.50. The molecule has 0 spiro atoms. The van der Waals surface area contributed by atoms with Gasteiger partial charge >= 0.3 is 0 Å². The fraction of sp³-hybridized carbons (Fsp3) is 0.182. The first-order valence-electron chi connectivity index (χ1n) is 4.76. The van der Waals surface area contributed by atoms with Crippen LogP contribution in [0.1, 0.15) is 5.56 Å². The SMILES string of the molecule is C[N+](C)=C/C(N=[N+]=[N-])=C(/Cl)c1ccc(Cl)cc1. The van der Waals surface area contributed by atoms with E-state index in [0.717, 1.165) is 5.56 Å². The summed E-state index contributed by atoms with van der Waals surface area (Å²) in [5.41, 5.74) is 9.60. The molecule has 0 aromatic heterocycles. The Hall–Kier alpha value is -1.48. The fourth-order valence-corrected chi connectivity index (χ4v) is 1.50. The minimum Gasteiger partial charge on any atom is -0.241 e. The van der Waals surface area contributed by atoms with Crippen molar-refractivity contribution in [2.45, 2.75) is 0 Å². The van der Waals surface area contributed by atoms with Crippen molar-refractivity contribution in [2.75, 3.05) is 14.1 Å². The summed E-state index contributed by atoms with van der Waals surface area (Å²) in [6.45, 7) is 0. The third-order valence-electron chi connectivity index (χ3n) is 1.86. The van der Waals surface area contributed by atoms with E-state index < -0.39 is 0 Å². The molecule has 6 heteroatoms. The number of hydrogen-bond acceptors (Lipinski definition) is 1. The first-order valence-corrected chi connectivity index (χ1v) is 5.52. The Bertz CT molecular complexity index is 507. The van der Waals surface area contributed by atoms with Gasteiger partial charge in [0.15, 0.2) is 6.21 Å². The highest BCUT2D eigenvalue weighted by molar-refractivity contribution is 6.50. The Balaban J connectivity index is 3.28. The summed E-state index contributed by atoms with van der Waals surface area (Å²) in [6, 6.07) is 6.98. The second kappa shape index (κ2) is 6.30. The second-order valence-electron chi connectivity index (χ2n) is 3.49. The molecule has 0 saturated carbocycles. The molecular weight excluding hydrogens is 259 g/mol. The summed E-state index contributed by atoms with van der Waals surface area (Å²) in [5, 5.41) is 4.57. The molecule has 0 atom stereocenters. The molecule has 0 amide bonds. The Morgan fingerprint density at radius 2 is 1.94 bits per heavy atom. The molecular formula is C11H11Cl2N4+. The summed E-state index contributed by atoms with van der Waals surface area (Å²) in [7, 11) is 3.64. The highest BCUT2D eigenvalue weighted by atomic mass is 35.5. The molecule has 17 heavy (non-hydrogen) atoms. The van der Waals surface area contributed by atoms with Crippen molar-refractivity contribution in [3.8, 4) is 0 Å². The molecule has 0 fully saturated rings. The normalized spacial score (nSPS) is 11.3. The van der Waals surface area contributed by atoms with Gasteiger partial charge in [0.2, 0.25) is 0 Å². The first-order chi connectivity index (χ1) is 8.04. The molecule has 1 aromatic carbocycles. The molecule has 0 N–H and O–H groups in total. The Morgan fingerprint density at radius 3 is 2.41 bits per heavy atom. The average molecular weight is 270 g/mol. The zero-order valence-corrected chi connectivity index (χ0v) is 10.9. The molecule has 88 valence electrons. The van der Waals surface area contributed by atoms with Crippen LogP contribution in [0.4, 0.5) is 0 Å². The van der Waals surface area contributed by atoms with Crippen molar-refractivity contribution in [1.82, 2.24) is 0 Å².